The summed E-state index contributed by atoms with van der Waals surface area (Å²) in [7, 11) is 0. The van der Waals surface area contributed by atoms with Gasteiger partial charge in [-0.3, -0.25) is 9.59 Å². The first-order valence-electron chi connectivity index (χ1n) is 9.13. The van der Waals surface area contributed by atoms with Crippen molar-refractivity contribution < 1.29 is 9.59 Å². The van der Waals surface area contributed by atoms with Gasteiger partial charge in [-0.05, 0) is 28.4 Å². The third-order valence-corrected chi connectivity index (χ3v) is 5.51. The Kier molecular flexibility index (Phi) is 5.68. The first kappa shape index (κ1) is 19.7. The maximum atomic E-state index is 12.1. The van der Waals surface area contributed by atoms with Crippen LogP contribution in [0, 0.1) is 0 Å². The van der Waals surface area contributed by atoms with Gasteiger partial charge in [0, 0.05) is 36.2 Å². The number of carbonyl (C=O) groups is 2. The molecule has 0 spiro atoms. The average molecular weight is 478 g/mol. The van der Waals surface area contributed by atoms with Gasteiger partial charge in [-0.1, -0.05) is 29.8 Å². The van der Waals surface area contributed by atoms with Crippen LogP contribution in [-0.2, 0) is 9.59 Å². The SMILES string of the molecule is O=C1CC[C@H](C(=O)NCCNc2cc(-c3ccccc3Cl)nc3c(Br)cnn23)N1. The van der Waals surface area contributed by atoms with Crippen LogP contribution in [0.2, 0.25) is 5.02 Å². The molecule has 150 valence electrons. The fourth-order valence-corrected chi connectivity index (χ4v) is 3.76. The number of nitrogens with zero attached hydrogens (tertiary/aromatic N) is 3. The van der Waals surface area contributed by atoms with Crippen molar-refractivity contribution in [3.05, 3.63) is 46.0 Å². The lowest BCUT2D eigenvalue weighted by Crippen LogP contribution is -2.43. The predicted molar refractivity (Wildman–Crippen MR) is 114 cm³/mol. The summed E-state index contributed by atoms with van der Waals surface area (Å²) in [5.74, 6) is 0.467. The Bertz CT molecular complexity index is 1090. The third kappa shape index (κ3) is 4.20. The zero-order valence-electron chi connectivity index (χ0n) is 15.3. The van der Waals surface area contributed by atoms with Crippen molar-refractivity contribution in [2.75, 3.05) is 18.4 Å². The number of aromatic nitrogens is 3. The summed E-state index contributed by atoms with van der Waals surface area (Å²) in [6.45, 7) is 0.879. The van der Waals surface area contributed by atoms with Crippen LogP contribution in [0.3, 0.4) is 0 Å². The van der Waals surface area contributed by atoms with Gasteiger partial charge in [-0.25, -0.2) is 4.98 Å². The molecule has 0 bridgehead atoms. The lowest BCUT2D eigenvalue weighted by atomic mass is 10.1. The molecule has 1 saturated heterocycles. The minimum absolute atomic E-state index is 0.0844. The lowest BCUT2D eigenvalue weighted by Gasteiger charge is -2.13. The molecule has 1 atom stereocenters. The topological polar surface area (TPSA) is 100 Å². The highest BCUT2D eigenvalue weighted by Crippen LogP contribution is 2.30. The van der Waals surface area contributed by atoms with Crippen molar-refractivity contribution in [1.29, 1.82) is 0 Å². The van der Waals surface area contributed by atoms with E-state index in [-0.39, 0.29) is 11.8 Å². The van der Waals surface area contributed by atoms with Crippen molar-refractivity contribution in [3.63, 3.8) is 0 Å². The molecule has 0 unspecified atom stereocenters. The minimum atomic E-state index is -0.441. The van der Waals surface area contributed by atoms with Crippen molar-refractivity contribution in [2.24, 2.45) is 0 Å². The van der Waals surface area contributed by atoms with Gasteiger partial charge in [0.05, 0.1) is 16.4 Å². The number of amides is 2. The van der Waals surface area contributed by atoms with Gasteiger partial charge in [-0.2, -0.15) is 9.61 Å². The van der Waals surface area contributed by atoms with Crippen molar-refractivity contribution in [3.8, 4) is 11.3 Å². The van der Waals surface area contributed by atoms with E-state index in [0.29, 0.717) is 42.3 Å². The van der Waals surface area contributed by atoms with Crippen LogP contribution in [0.4, 0.5) is 5.82 Å². The molecule has 1 aliphatic heterocycles. The fraction of sp³-hybridized carbons (Fsp3) is 0.263. The van der Waals surface area contributed by atoms with Crippen LogP contribution in [-0.4, -0.2) is 45.5 Å². The van der Waals surface area contributed by atoms with Gasteiger partial charge >= 0.3 is 0 Å². The Morgan fingerprint density at radius 3 is 2.93 bits per heavy atom. The van der Waals surface area contributed by atoms with Crippen molar-refractivity contribution in [2.45, 2.75) is 18.9 Å². The molecule has 0 saturated carbocycles. The molecule has 3 aromatic rings. The highest BCUT2D eigenvalue weighted by molar-refractivity contribution is 9.10. The van der Waals surface area contributed by atoms with E-state index in [1.807, 2.05) is 30.3 Å². The Morgan fingerprint density at radius 1 is 1.34 bits per heavy atom. The monoisotopic (exact) mass is 476 g/mol. The van der Waals surface area contributed by atoms with Gasteiger partial charge in [0.1, 0.15) is 11.9 Å². The molecule has 29 heavy (non-hydrogen) atoms. The summed E-state index contributed by atoms with van der Waals surface area (Å²) >= 11 is 9.81. The van der Waals surface area contributed by atoms with Crippen LogP contribution in [0.5, 0.6) is 0 Å². The van der Waals surface area contributed by atoms with Gasteiger partial charge in [0.2, 0.25) is 11.8 Å². The molecule has 8 nitrogen and oxygen atoms in total. The highest BCUT2D eigenvalue weighted by atomic mass is 79.9. The molecule has 1 aliphatic rings. The lowest BCUT2D eigenvalue weighted by molar-refractivity contribution is -0.125. The standard InChI is InChI=1S/C19H18BrClN6O2/c20-12-10-24-27-16(22-7-8-23-19(29)14-5-6-17(28)25-14)9-15(26-18(12)27)11-3-1-2-4-13(11)21/h1-4,9-10,14,22H,5-8H2,(H,23,29)(H,25,28)/t14-/m1/s1. The Hall–Kier alpha value is -2.65. The van der Waals surface area contributed by atoms with Gasteiger partial charge in [0.25, 0.3) is 0 Å². The summed E-state index contributed by atoms with van der Waals surface area (Å²) in [5, 5.41) is 13.7. The normalized spacial score (nSPS) is 16.1. The molecule has 0 aliphatic carbocycles. The van der Waals surface area contributed by atoms with E-state index in [4.69, 9.17) is 11.6 Å². The van der Waals surface area contributed by atoms with E-state index in [2.05, 4.69) is 42.0 Å². The number of rotatable bonds is 6. The highest BCUT2D eigenvalue weighted by Gasteiger charge is 2.26. The summed E-state index contributed by atoms with van der Waals surface area (Å²) in [6, 6.07) is 8.93. The number of anilines is 1. The number of halogens is 2. The van der Waals surface area contributed by atoms with Crippen LogP contribution < -0.4 is 16.0 Å². The smallest absolute Gasteiger partial charge is 0.242 e. The van der Waals surface area contributed by atoms with Gasteiger partial charge in [-0.15, -0.1) is 0 Å². The fourth-order valence-electron chi connectivity index (χ4n) is 3.18. The molecule has 1 fully saturated rings. The number of carbonyl (C=O) groups excluding carboxylic acids is 2. The number of nitrogens with one attached hydrogen (secondary N) is 3. The maximum absolute atomic E-state index is 12.1. The van der Waals surface area contributed by atoms with Crippen LogP contribution >= 0.6 is 27.5 Å². The van der Waals surface area contributed by atoms with E-state index >= 15 is 0 Å². The third-order valence-electron chi connectivity index (χ3n) is 4.62. The minimum Gasteiger partial charge on any atom is -0.368 e. The average Bonchev–Trinajstić information content (AvgIpc) is 3.31. The van der Waals surface area contributed by atoms with E-state index < -0.39 is 6.04 Å². The zero-order chi connectivity index (χ0) is 20.4. The van der Waals surface area contributed by atoms with E-state index in [1.54, 1.807) is 10.7 Å². The first-order chi connectivity index (χ1) is 14.0. The molecule has 0 radical (unpaired) electrons. The Balaban J connectivity index is 1.49. The molecular formula is C19H18BrClN6O2. The molecular weight excluding hydrogens is 460 g/mol. The summed E-state index contributed by atoms with van der Waals surface area (Å²) in [6.07, 6.45) is 2.60. The predicted octanol–water partition coefficient (Wildman–Crippen LogP) is 2.62. The largest absolute Gasteiger partial charge is 0.368 e. The first-order valence-corrected chi connectivity index (χ1v) is 10.3. The number of benzene rings is 1. The quantitative estimate of drug-likeness (QED) is 0.474. The maximum Gasteiger partial charge on any atom is 0.242 e. The van der Waals surface area contributed by atoms with Crippen molar-refractivity contribution >= 4 is 50.8 Å². The zero-order valence-corrected chi connectivity index (χ0v) is 17.6. The molecule has 2 aromatic heterocycles. The Morgan fingerprint density at radius 2 is 2.17 bits per heavy atom. The van der Waals surface area contributed by atoms with Crippen molar-refractivity contribution in [1.82, 2.24) is 25.2 Å². The number of hydrogen-bond donors (Lipinski definition) is 3. The summed E-state index contributed by atoms with van der Waals surface area (Å²) in [5.41, 5.74) is 2.19. The van der Waals surface area contributed by atoms with Crippen LogP contribution in [0.25, 0.3) is 16.9 Å². The molecule has 3 N–H and O–H groups in total. The van der Waals surface area contributed by atoms with Crippen LogP contribution in [0.15, 0.2) is 41.0 Å². The molecule has 10 heteroatoms. The van der Waals surface area contributed by atoms with Gasteiger partial charge in [0.15, 0.2) is 5.65 Å². The second kappa shape index (κ2) is 8.38. The van der Waals surface area contributed by atoms with E-state index in [9.17, 15) is 9.59 Å². The van der Waals surface area contributed by atoms with E-state index in [0.717, 1.165) is 15.9 Å². The number of hydrogen-bond acceptors (Lipinski definition) is 5. The van der Waals surface area contributed by atoms with Crippen LogP contribution in [0.1, 0.15) is 12.8 Å². The van der Waals surface area contributed by atoms with Gasteiger partial charge < -0.3 is 16.0 Å². The molecule has 4 rings (SSSR count). The number of fused-ring (bicyclic) bond motifs is 1. The summed E-state index contributed by atoms with van der Waals surface area (Å²) in [4.78, 5) is 28.0. The molecule has 2 amide bonds. The second-order valence-corrected chi connectivity index (χ2v) is 7.87. The Labute approximate surface area is 180 Å². The summed E-state index contributed by atoms with van der Waals surface area (Å²) < 4.78 is 2.45. The second-order valence-electron chi connectivity index (χ2n) is 6.61. The molecule has 3 heterocycles. The molecule has 1 aromatic carbocycles. The van der Waals surface area contributed by atoms with E-state index in [1.165, 1.54) is 0 Å².